The SMILES string of the molecule is Cc1cccc(-n2nc(C(=O)Nc3ccc(Br)cc3)nc2-c2ccc(Cl)cc2)c1C. The summed E-state index contributed by atoms with van der Waals surface area (Å²) in [7, 11) is 0. The first-order valence-electron chi connectivity index (χ1n) is 9.29. The van der Waals surface area contributed by atoms with Crippen LogP contribution < -0.4 is 5.32 Å². The fraction of sp³-hybridized carbons (Fsp3) is 0.0870. The van der Waals surface area contributed by atoms with Crippen LogP contribution in [-0.2, 0) is 0 Å². The number of hydrogen-bond donors (Lipinski definition) is 1. The van der Waals surface area contributed by atoms with E-state index in [4.69, 9.17) is 11.6 Å². The first-order valence-corrected chi connectivity index (χ1v) is 10.5. The molecule has 4 aromatic rings. The number of carbonyl (C=O) groups is 1. The van der Waals surface area contributed by atoms with Gasteiger partial charge in [-0.25, -0.2) is 9.67 Å². The maximum absolute atomic E-state index is 12.9. The molecule has 30 heavy (non-hydrogen) atoms. The van der Waals surface area contributed by atoms with Crippen LogP contribution in [0.4, 0.5) is 5.69 Å². The monoisotopic (exact) mass is 480 g/mol. The van der Waals surface area contributed by atoms with E-state index in [9.17, 15) is 4.79 Å². The number of rotatable bonds is 4. The first kappa shape index (κ1) is 20.3. The van der Waals surface area contributed by atoms with Gasteiger partial charge in [0.25, 0.3) is 5.91 Å². The summed E-state index contributed by atoms with van der Waals surface area (Å²) in [5, 5.41) is 8.02. The van der Waals surface area contributed by atoms with Crippen molar-refractivity contribution in [1.82, 2.24) is 14.8 Å². The maximum atomic E-state index is 12.9. The largest absolute Gasteiger partial charge is 0.319 e. The van der Waals surface area contributed by atoms with E-state index in [0.717, 1.165) is 26.9 Å². The zero-order valence-corrected chi connectivity index (χ0v) is 18.7. The minimum atomic E-state index is -0.378. The van der Waals surface area contributed by atoms with Crippen molar-refractivity contribution in [2.24, 2.45) is 0 Å². The number of aryl methyl sites for hydroxylation is 1. The molecular formula is C23H18BrClN4O. The lowest BCUT2D eigenvalue weighted by Crippen LogP contribution is -2.14. The number of carbonyl (C=O) groups excluding carboxylic acids is 1. The summed E-state index contributed by atoms with van der Waals surface area (Å²) in [5.41, 5.74) is 4.55. The lowest BCUT2D eigenvalue weighted by atomic mass is 10.1. The molecule has 0 spiro atoms. The molecule has 0 aliphatic heterocycles. The van der Waals surface area contributed by atoms with Crippen LogP contribution in [0, 0.1) is 13.8 Å². The van der Waals surface area contributed by atoms with Gasteiger partial charge in [-0.2, -0.15) is 0 Å². The van der Waals surface area contributed by atoms with Crippen LogP contribution in [0.1, 0.15) is 21.7 Å². The Hall–Kier alpha value is -2.96. The lowest BCUT2D eigenvalue weighted by Gasteiger charge is -2.11. The number of aromatic nitrogens is 3. The Kier molecular flexibility index (Phi) is 5.70. The van der Waals surface area contributed by atoms with Crippen molar-refractivity contribution in [1.29, 1.82) is 0 Å². The predicted octanol–water partition coefficient (Wildman–Crippen LogP) is 6.22. The molecule has 3 aromatic carbocycles. The zero-order valence-electron chi connectivity index (χ0n) is 16.4. The minimum absolute atomic E-state index is 0.0868. The lowest BCUT2D eigenvalue weighted by molar-refractivity contribution is 0.101. The van der Waals surface area contributed by atoms with E-state index >= 15 is 0 Å². The smallest absolute Gasteiger partial charge is 0.295 e. The molecule has 0 aliphatic carbocycles. The quantitative estimate of drug-likeness (QED) is 0.376. The van der Waals surface area contributed by atoms with Gasteiger partial charge in [0.05, 0.1) is 5.69 Å². The van der Waals surface area contributed by atoms with E-state index in [-0.39, 0.29) is 11.7 Å². The number of amides is 1. The van der Waals surface area contributed by atoms with Crippen LogP contribution >= 0.6 is 27.5 Å². The van der Waals surface area contributed by atoms with Crippen LogP contribution in [0.5, 0.6) is 0 Å². The van der Waals surface area contributed by atoms with Crippen molar-refractivity contribution in [3.05, 3.63) is 93.2 Å². The van der Waals surface area contributed by atoms with Gasteiger partial charge in [-0.05, 0) is 79.6 Å². The van der Waals surface area contributed by atoms with Gasteiger partial charge in [0, 0.05) is 20.7 Å². The minimum Gasteiger partial charge on any atom is -0.319 e. The second-order valence-corrected chi connectivity index (χ2v) is 8.21. The molecule has 0 saturated heterocycles. The van der Waals surface area contributed by atoms with Crippen molar-refractivity contribution in [2.45, 2.75) is 13.8 Å². The highest BCUT2D eigenvalue weighted by Crippen LogP contribution is 2.26. The van der Waals surface area contributed by atoms with Crippen molar-refractivity contribution in [3.8, 4) is 17.1 Å². The Morgan fingerprint density at radius 3 is 2.40 bits per heavy atom. The van der Waals surface area contributed by atoms with E-state index in [1.165, 1.54) is 0 Å². The van der Waals surface area contributed by atoms with Crippen molar-refractivity contribution < 1.29 is 4.79 Å². The Labute approximate surface area is 187 Å². The van der Waals surface area contributed by atoms with Gasteiger partial charge >= 0.3 is 0 Å². The molecule has 150 valence electrons. The molecule has 0 aliphatic rings. The zero-order chi connectivity index (χ0) is 21.3. The molecule has 0 radical (unpaired) electrons. The number of nitrogens with zero attached hydrogens (tertiary/aromatic N) is 3. The van der Waals surface area contributed by atoms with E-state index in [0.29, 0.717) is 16.5 Å². The van der Waals surface area contributed by atoms with Crippen LogP contribution in [0.2, 0.25) is 5.02 Å². The molecule has 1 aromatic heterocycles. The van der Waals surface area contributed by atoms with Gasteiger partial charge in [-0.1, -0.05) is 39.7 Å². The summed E-state index contributed by atoms with van der Waals surface area (Å²) < 4.78 is 2.64. The van der Waals surface area contributed by atoms with E-state index in [1.807, 2.05) is 68.4 Å². The summed E-state index contributed by atoms with van der Waals surface area (Å²) in [6.07, 6.45) is 0. The number of anilines is 1. The topological polar surface area (TPSA) is 59.8 Å². The Morgan fingerprint density at radius 2 is 1.70 bits per heavy atom. The third-order valence-corrected chi connectivity index (χ3v) is 5.60. The number of hydrogen-bond acceptors (Lipinski definition) is 3. The van der Waals surface area contributed by atoms with Gasteiger partial charge < -0.3 is 5.32 Å². The molecule has 0 saturated carbocycles. The maximum Gasteiger partial charge on any atom is 0.295 e. The van der Waals surface area contributed by atoms with Gasteiger partial charge in [-0.15, -0.1) is 5.10 Å². The van der Waals surface area contributed by atoms with Gasteiger partial charge in [-0.3, -0.25) is 4.79 Å². The van der Waals surface area contributed by atoms with E-state index in [2.05, 4.69) is 31.3 Å². The Balaban J connectivity index is 1.79. The highest BCUT2D eigenvalue weighted by Gasteiger charge is 2.20. The van der Waals surface area contributed by atoms with Crippen LogP contribution in [-0.4, -0.2) is 20.7 Å². The van der Waals surface area contributed by atoms with Crippen molar-refractivity contribution in [3.63, 3.8) is 0 Å². The average molecular weight is 482 g/mol. The number of benzene rings is 3. The second kappa shape index (κ2) is 8.42. The first-order chi connectivity index (χ1) is 14.4. The number of halogens is 2. The second-order valence-electron chi connectivity index (χ2n) is 6.86. The summed E-state index contributed by atoms with van der Waals surface area (Å²) in [6, 6.07) is 20.6. The molecule has 1 N–H and O–H groups in total. The van der Waals surface area contributed by atoms with Crippen LogP contribution in [0.15, 0.2) is 71.2 Å². The Bertz CT molecular complexity index is 1220. The predicted molar refractivity (Wildman–Crippen MR) is 123 cm³/mol. The molecule has 1 heterocycles. The molecule has 4 rings (SSSR count). The summed E-state index contributed by atoms with van der Waals surface area (Å²) in [4.78, 5) is 17.4. The van der Waals surface area contributed by atoms with E-state index < -0.39 is 0 Å². The Morgan fingerprint density at radius 1 is 1.00 bits per heavy atom. The van der Waals surface area contributed by atoms with Gasteiger partial charge in [0.15, 0.2) is 5.82 Å². The molecule has 0 unspecified atom stereocenters. The third kappa shape index (κ3) is 4.15. The fourth-order valence-corrected chi connectivity index (χ4v) is 3.44. The van der Waals surface area contributed by atoms with Gasteiger partial charge in [0.1, 0.15) is 0 Å². The molecule has 0 atom stereocenters. The van der Waals surface area contributed by atoms with Gasteiger partial charge in [0.2, 0.25) is 5.82 Å². The highest BCUT2D eigenvalue weighted by atomic mass is 79.9. The third-order valence-electron chi connectivity index (χ3n) is 4.82. The molecule has 5 nitrogen and oxygen atoms in total. The van der Waals surface area contributed by atoms with Crippen molar-refractivity contribution in [2.75, 3.05) is 5.32 Å². The summed E-state index contributed by atoms with van der Waals surface area (Å²) in [6.45, 7) is 4.07. The average Bonchev–Trinajstić information content (AvgIpc) is 3.17. The molecule has 0 fully saturated rings. The van der Waals surface area contributed by atoms with E-state index in [1.54, 1.807) is 16.8 Å². The molecule has 7 heteroatoms. The standard InChI is InChI=1S/C23H18BrClN4O/c1-14-4-3-5-20(15(14)2)29-22(16-6-10-18(25)11-7-16)27-21(28-29)23(30)26-19-12-8-17(24)9-13-19/h3-13H,1-2H3,(H,26,30). The normalized spacial score (nSPS) is 10.8. The molecule has 0 bridgehead atoms. The summed E-state index contributed by atoms with van der Waals surface area (Å²) >= 11 is 9.44. The fourth-order valence-electron chi connectivity index (χ4n) is 3.05. The highest BCUT2D eigenvalue weighted by molar-refractivity contribution is 9.10. The van der Waals surface area contributed by atoms with Crippen molar-refractivity contribution >= 4 is 39.1 Å². The molecular weight excluding hydrogens is 464 g/mol. The summed E-state index contributed by atoms with van der Waals surface area (Å²) in [5.74, 6) is 0.279. The number of nitrogens with one attached hydrogen (secondary N) is 1. The molecule has 1 amide bonds. The van der Waals surface area contributed by atoms with Crippen LogP contribution in [0.3, 0.4) is 0 Å². The van der Waals surface area contributed by atoms with Crippen LogP contribution in [0.25, 0.3) is 17.1 Å².